The number of fused-ring (bicyclic) bond motifs is 1. The molecule has 116 valence electrons. The zero-order valence-electron chi connectivity index (χ0n) is 12.4. The van der Waals surface area contributed by atoms with Gasteiger partial charge in [-0.25, -0.2) is 4.98 Å². The van der Waals surface area contributed by atoms with E-state index < -0.39 is 6.55 Å². The third-order valence-corrected chi connectivity index (χ3v) is 3.49. The van der Waals surface area contributed by atoms with Crippen LogP contribution in [0.4, 0.5) is 8.78 Å². The molecular formula is C15H17F2N5. The van der Waals surface area contributed by atoms with E-state index in [0.717, 1.165) is 10.1 Å². The van der Waals surface area contributed by atoms with Gasteiger partial charge in [-0.15, -0.1) is 0 Å². The van der Waals surface area contributed by atoms with E-state index >= 15 is 0 Å². The summed E-state index contributed by atoms with van der Waals surface area (Å²) in [5.41, 5.74) is 2.08. The molecule has 7 heteroatoms. The van der Waals surface area contributed by atoms with Crippen LogP contribution in [0, 0.1) is 0 Å². The Labute approximate surface area is 126 Å². The first-order chi connectivity index (χ1) is 10.5. The van der Waals surface area contributed by atoms with E-state index in [0.29, 0.717) is 29.9 Å². The molecule has 0 amide bonds. The molecule has 0 aliphatic carbocycles. The predicted molar refractivity (Wildman–Crippen MR) is 79.4 cm³/mol. The van der Waals surface area contributed by atoms with Crippen LogP contribution < -0.4 is 0 Å². The maximum Gasteiger partial charge on any atom is 0.320 e. The Hall–Kier alpha value is -2.28. The van der Waals surface area contributed by atoms with E-state index in [1.807, 2.05) is 25.2 Å². The van der Waals surface area contributed by atoms with Crippen molar-refractivity contribution in [2.75, 3.05) is 7.05 Å². The number of alkyl halides is 2. The van der Waals surface area contributed by atoms with Gasteiger partial charge in [0.05, 0.1) is 23.8 Å². The van der Waals surface area contributed by atoms with Gasteiger partial charge in [-0.3, -0.25) is 14.1 Å². The molecule has 0 fully saturated rings. The molecule has 1 aromatic carbocycles. The lowest BCUT2D eigenvalue weighted by atomic mass is 10.3. The number of hydrogen-bond acceptors (Lipinski definition) is 3. The lowest BCUT2D eigenvalue weighted by Gasteiger charge is -2.16. The van der Waals surface area contributed by atoms with Crippen molar-refractivity contribution in [3.05, 3.63) is 48.0 Å². The summed E-state index contributed by atoms with van der Waals surface area (Å²) in [5.74, 6) is 0.364. The van der Waals surface area contributed by atoms with Crippen molar-refractivity contribution in [2.24, 2.45) is 7.05 Å². The highest BCUT2D eigenvalue weighted by Crippen LogP contribution is 2.23. The average Bonchev–Trinajstić information content (AvgIpc) is 3.01. The van der Waals surface area contributed by atoms with Crippen LogP contribution in [-0.2, 0) is 20.1 Å². The first-order valence-corrected chi connectivity index (χ1v) is 6.94. The van der Waals surface area contributed by atoms with E-state index in [4.69, 9.17) is 0 Å². The molecular weight excluding hydrogens is 288 g/mol. The zero-order chi connectivity index (χ0) is 15.7. The molecule has 3 aromatic rings. The second kappa shape index (κ2) is 5.84. The summed E-state index contributed by atoms with van der Waals surface area (Å²) in [5, 5.41) is 4.11. The average molecular weight is 305 g/mol. The van der Waals surface area contributed by atoms with Gasteiger partial charge in [-0.1, -0.05) is 12.1 Å². The number of para-hydroxylation sites is 2. The fourth-order valence-corrected chi connectivity index (χ4v) is 2.59. The molecule has 0 saturated heterocycles. The Morgan fingerprint density at radius 1 is 1.23 bits per heavy atom. The third kappa shape index (κ3) is 2.85. The van der Waals surface area contributed by atoms with Gasteiger partial charge >= 0.3 is 6.55 Å². The number of hydrogen-bond donors (Lipinski definition) is 0. The Morgan fingerprint density at radius 2 is 2.00 bits per heavy atom. The topological polar surface area (TPSA) is 38.9 Å². The van der Waals surface area contributed by atoms with Crippen molar-refractivity contribution in [3.63, 3.8) is 0 Å². The lowest BCUT2D eigenvalue weighted by Crippen LogP contribution is -2.20. The second-order valence-electron chi connectivity index (χ2n) is 5.36. The van der Waals surface area contributed by atoms with E-state index in [1.165, 1.54) is 0 Å². The van der Waals surface area contributed by atoms with E-state index in [2.05, 4.69) is 10.1 Å². The minimum absolute atomic E-state index is 0.341. The van der Waals surface area contributed by atoms with Crippen molar-refractivity contribution >= 4 is 11.0 Å². The molecule has 0 radical (unpaired) electrons. The highest BCUT2D eigenvalue weighted by atomic mass is 19.3. The van der Waals surface area contributed by atoms with Gasteiger partial charge in [0.1, 0.15) is 5.82 Å². The first-order valence-electron chi connectivity index (χ1n) is 6.94. The van der Waals surface area contributed by atoms with Crippen LogP contribution in [0.15, 0.2) is 36.7 Å². The minimum Gasteiger partial charge on any atom is -0.295 e. The highest BCUT2D eigenvalue weighted by molar-refractivity contribution is 5.75. The number of nitrogens with zero attached hydrogens (tertiary/aromatic N) is 5. The van der Waals surface area contributed by atoms with Crippen LogP contribution in [0.5, 0.6) is 0 Å². The van der Waals surface area contributed by atoms with Crippen molar-refractivity contribution in [2.45, 2.75) is 19.6 Å². The lowest BCUT2D eigenvalue weighted by molar-refractivity contribution is 0.0689. The summed E-state index contributed by atoms with van der Waals surface area (Å²) in [6, 6.07) is 6.96. The zero-order valence-corrected chi connectivity index (χ0v) is 12.4. The summed E-state index contributed by atoms with van der Waals surface area (Å²) >= 11 is 0. The molecule has 3 rings (SSSR count). The molecule has 0 aliphatic rings. The molecule has 0 aliphatic heterocycles. The normalized spacial score (nSPS) is 11.9. The van der Waals surface area contributed by atoms with Gasteiger partial charge in [0.2, 0.25) is 0 Å². The summed E-state index contributed by atoms with van der Waals surface area (Å²) in [6.07, 6.45) is 3.68. The van der Waals surface area contributed by atoms with Crippen molar-refractivity contribution in [1.82, 2.24) is 24.2 Å². The van der Waals surface area contributed by atoms with Gasteiger partial charge in [-0.05, 0) is 19.2 Å². The fourth-order valence-electron chi connectivity index (χ4n) is 2.59. The summed E-state index contributed by atoms with van der Waals surface area (Å²) in [7, 11) is 3.72. The van der Waals surface area contributed by atoms with Crippen LogP contribution in [0.2, 0.25) is 0 Å². The molecule has 0 unspecified atom stereocenters. The second-order valence-corrected chi connectivity index (χ2v) is 5.36. The standard InChI is InChI=1S/C15H17F2N5/c1-20(8-11-7-18-21(2)9-11)10-14-19-12-5-3-4-6-13(12)22(14)15(16)17/h3-7,9,15H,8,10H2,1-2H3. The van der Waals surface area contributed by atoms with Crippen LogP contribution >= 0.6 is 0 Å². The quantitative estimate of drug-likeness (QED) is 0.727. The predicted octanol–water partition coefficient (Wildman–Crippen LogP) is 2.80. The summed E-state index contributed by atoms with van der Waals surface area (Å²) in [4.78, 5) is 6.28. The van der Waals surface area contributed by atoms with Crippen LogP contribution in [0.25, 0.3) is 11.0 Å². The number of aromatic nitrogens is 4. The maximum atomic E-state index is 13.4. The largest absolute Gasteiger partial charge is 0.320 e. The molecule has 0 saturated carbocycles. The maximum absolute atomic E-state index is 13.4. The fraction of sp³-hybridized carbons (Fsp3) is 0.333. The van der Waals surface area contributed by atoms with Crippen LogP contribution in [0.1, 0.15) is 17.9 Å². The Morgan fingerprint density at radius 3 is 2.68 bits per heavy atom. The number of rotatable bonds is 5. The third-order valence-electron chi connectivity index (χ3n) is 3.49. The molecule has 2 aromatic heterocycles. The molecule has 0 bridgehead atoms. The van der Waals surface area contributed by atoms with Gasteiger partial charge in [0, 0.05) is 25.4 Å². The molecule has 22 heavy (non-hydrogen) atoms. The molecule has 2 heterocycles. The SMILES string of the molecule is CN(Cc1cnn(C)c1)Cc1nc2ccccc2n1C(F)F. The van der Waals surface area contributed by atoms with Gasteiger partial charge in [0.25, 0.3) is 0 Å². The number of imidazole rings is 1. The van der Waals surface area contributed by atoms with Crippen molar-refractivity contribution < 1.29 is 8.78 Å². The number of halogens is 2. The monoisotopic (exact) mass is 305 g/mol. The van der Waals surface area contributed by atoms with Crippen molar-refractivity contribution in [3.8, 4) is 0 Å². The number of aryl methyl sites for hydroxylation is 1. The molecule has 5 nitrogen and oxygen atoms in total. The van der Waals surface area contributed by atoms with Gasteiger partial charge in [-0.2, -0.15) is 13.9 Å². The highest BCUT2D eigenvalue weighted by Gasteiger charge is 2.18. The minimum atomic E-state index is -2.60. The van der Waals surface area contributed by atoms with Gasteiger partial charge < -0.3 is 0 Å². The molecule has 0 spiro atoms. The Kier molecular flexibility index (Phi) is 3.89. The summed E-state index contributed by atoms with van der Waals surface area (Å²) in [6.45, 7) is -1.64. The van der Waals surface area contributed by atoms with Crippen LogP contribution in [-0.4, -0.2) is 31.3 Å². The van der Waals surface area contributed by atoms with E-state index in [-0.39, 0.29) is 0 Å². The van der Waals surface area contributed by atoms with Crippen molar-refractivity contribution in [1.29, 1.82) is 0 Å². The molecule has 0 atom stereocenters. The Bertz CT molecular complexity index is 777. The van der Waals surface area contributed by atoms with Gasteiger partial charge in [0.15, 0.2) is 0 Å². The first kappa shape index (κ1) is 14.6. The Balaban J connectivity index is 1.85. The van der Waals surface area contributed by atoms with E-state index in [1.54, 1.807) is 35.1 Å². The van der Waals surface area contributed by atoms with Crippen LogP contribution in [0.3, 0.4) is 0 Å². The molecule has 0 N–H and O–H groups in total. The smallest absolute Gasteiger partial charge is 0.295 e. The van der Waals surface area contributed by atoms with E-state index in [9.17, 15) is 8.78 Å². The summed E-state index contributed by atoms with van der Waals surface area (Å²) < 4.78 is 29.4. The number of benzene rings is 1.